The molecule has 0 saturated carbocycles. The van der Waals surface area contributed by atoms with E-state index in [1.807, 2.05) is 0 Å². The molecule has 3 unspecified atom stereocenters. The first-order chi connectivity index (χ1) is 7.61. The van der Waals surface area contributed by atoms with Gasteiger partial charge in [0.05, 0.1) is 13.2 Å². The Morgan fingerprint density at radius 2 is 1.81 bits per heavy atom. The normalized spacial score (nSPS) is 39.9. The Kier molecular flexibility index (Phi) is 5.98. The molecule has 1 aliphatic rings. The molecule has 0 aromatic rings. The van der Waals surface area contributed by atoms with E-state index >= 15 is 0 Å². The largest absolute Gasteiger partial charge is 0.394 e. The number of hydrogen-bond acceptors (Lipinski definition) is 7. The van der Waals surface area contributed by atoms with Crippen molar-refractivity contribution in [3.63, 3.8) is 0 Å². The number of aliphatic hydroxyl groups excluding tert-OH is 4. The Morgan fingerprint density at radius 3 is 2.38 bits per heavy atom. The van der Waals surface area contributed by atoms with Gasteiger partial charge in [0.15, 0.2) is 6.29 Å². The second-order valence-corrected chi connectivity index (χ2v) is 4.09. The Labute approximate surface area is 99.2 Å². The highest BCUT2D eigenvalue weighted by molar-refractivity contribution is 7.80. The molecule has 0 radical (unpaired) electrons. The zero-order valence-electron chi connectivity index (χ0n) is 8.77. The summed E-state index contributed by atoms with van der Waals surface area (Å²) in [4.78, 5) is 0. The molecule has 0 aromatic heterocycles. The molecule has 16 heavy (non-hydrogen) atoms. The van der Waals surface area contributed by atoms with Crippen LogP contribution < -0.4 is 0 Å². The van der Waals surface area contributed by atoms with Crippen LogP contribution in [0.5, 0.6) is 0 Å². The lowest BCUT2D eigenvalue weighted by Gasteiger charge is -2.39. The van der Waals surface area contributed by atoms with Crippen molar-refractivity contribution in [2.45, 2.75) is 37.1 Å². The van der Waals surface area contributed by atoms with Crippen LogP contribution in [0.3, 0.4) is 0 Å². The molecule has 96 valence electrons. The van der Waals surface area contributed by atoms with Gasteiger partial charge in [-0.1, -0.05) is 0 Å². The van der Waals surface area contributed by atoms with Gasteiger partial charge in [-0.2, -0.15) is 12.6 Å². The van der Waals surface area contributed by atoms with Crippen LogP contribution in [0.2, 0.25) is 0 Å². The quantitative estimate of drug-likeness (QED) is 0.291. The fraction of sp³-hybridized carbons (Fsp3) is 1.00. The third-order valence-corrected chi connectivity index (χ3v) is 2.75. The molecular formula is C9H18O6S. The molecule has 6 nitrogen and oxygen atoms in total. The van der Waals surface area contributed by atoms with Crippen LogP contribution in [-0.2, 0) is 9.47 Å². The lowest BCUT2D eigenvalue weighted by molar-refractivity contribution is -0.300. The van der Waals surface area contributed by atoms with Crippen molar-refractivity contribution in [2.24, 2.45) is 0 Å². The maximum absolute atomic E-state index is 9.56. The Hall–Kier alpha value is 0.110. The topological polar surface area (TPSA) is 99.4 Å². The Morgan fingerprint density at radius 1 is 1.12 bits per heavy atom. The Balaban J connectivity index is 2.50. The van der Waals surface area contributed by atoms with Crippen LogP contribution in [0.25, 0.3) is 0 Å². The van der Waals surface area contributed by atoms with Crippen LogP contribution in [0.15, 0.2) is 0 Å². The van der Waals surface area contributed by atoms with Crippen molar-refractivity contribution in [2.75, 3.05) is 19.0 Å². The van der Waals surface area contributed by atoms with Crippen molar-refractivity contribution in [3.8, 4) is 0 Å². The first kappa shape index (κ1) is 14.2. The van der Waals surface area contributed by atoms with E-state index in [2.05, 4.69) is 12.6 Å². The van der Waals surface area contributed by atoms with Crippen LogP contribution in [0, 0.1) is 0 Å². The summed E-state index contributed by atoms with van der Waals surface area (Å²) < 4.78 is 10.3. The average Bonchev–Trinajstić information content (AvgIpc) is 2.29. The fourth-order valence-corrected chi connectivity index (χ4v) is 1.60. The molecule has 4 N–H and O–H groups in total. The lowest BCUT2D eigenvalue weighted by atomic mass is 9.99. The predicted molar refractivity (Wildman–Crippen MR) is 58.2 cm³/mol. The molecule has 0 aliphatic carbocycles. The average molecular weight is 254 g/mol. The monoisotopic (exact) mass is 254 g/mol. The number of thiol groups is 1. The number of rotatable bonds is 5. The highest BCUT2D eigenvalue weighted by Gasteiger charge is 2.43. The number of ether oxygens (including phenoxy) is 2. The zero-order valence-corrected chi connectivity index (χ0v) is 9.66. The van der Waals surface area contributed by atoms with E-state index < -0.39 is 37.3 Å². The lowest BCUT2D eigenvalue weighted by Crippen LogP contribution is -2.59. The summed E-state index contributed by atoms with van der Waals surface area (Å²) in [5, 5.41) is 37.4. The maximum atomic E-state index is 9.56. The summed E-state index contributed by atoms with van der Waals surface area (Å²) in [6, 6.07) is 0. The zero-order chi connectivity index (χ0) is 12.1. The summed E-state index contributed by atoms with van der Waals surface area (Å²) in [5.74, 6) is 0.636. The van der Waals surface area contributed by atoms with Gasteiger partial charge >= 0.3 is 0 Å². The highest BCUT2D eigenvalue weighted by Crippen LogP contribution is 2.21. The molecule has 1 aliphatic heterocycles. The molecule has 0 amide bonds. The minimum absolute atomic E-state index is 0.326. The molecule has 7 heteroatoms. The van der Waals surface area contributed by atoms with Crippen LogP contribution in [0.4, 0.5) is 0 Å². The van der Waals surface area contributed by atoms with Gasteiger partial charge in [-0.3, -0.25) is 0 Å². The third kappa shape index (κ3) is 3.30. The Bertz CT molecular complexity index is 202. The molecule has 1 rings (SSSR count). The predicted octanol–water partition coefficient (Wildman–Crippen LogP) is -1.88. The number of hydrogen-bond donors (Lipinski definition) is 5. The summed E-state index contributed by atoms with van der Waals surface area (Å²) in [6.07, 6.45) is -5.32. The van der Waals surface area contributed by atoms with E-state index in [1.54, 1.807) is 0 Å². The standard InChI is InChI=1S/C9H18O6S/c10-4-5-6(11)7(12)8(13)9(15-5)14-2-1-3-16/h5-13,16H,1-4H2/t5?,6-,7?,8?,9-/m0/s1. The number of aliphatic hydroxyl groups is 4. The van der Waals surface area contributed by atoms with Gasteiger partial charge in [-0.05, 0) is 12.2 Å². The maximum Gasteiger partial charge on any atom is 0.186 e. The second kappa shape index (κ2) is 6.75. The van der Waals surface area contributed by atoms with Gasteiger partial charge in [0.2, 0.25) is 0 Å². The van der Waals surface area contributed by atoms with Gasteiger partial charge in [0, 0.05) is 0 Å². The first-order valence-electron chi connectivity index (χ1n) is 5.14. The molecule has 0 bridgehead atoms. The molecule has 1 fully saturated rings. The van der Waals surface area contributed by atoms with Crippen LogP contribution in [-0.4, -0.2) is 70.1 Å². The van der Waals surface area contributed by atoms with Crippen molar-refractivity contribution in [1.29, 1.82) is 0 Å². The summed E-state index contributed by atoms with van der Waals surface area (Å²) in [6.45, 7) is -0.121. The van der Waals surface area contributed by atoms with E-state index in [4.69, 9.17) is 14.6 Å². The van der Waals surface area contributed by atoms with Gasteiger partial charge in [-0.25, -0.2) is 0 Å². The molecular weight excluding hydrogens is 236 g/mol. The van der Waals surface area contributed by atoms with Gasteiger partial charge in [-0.15, -0.1) is 0 Å². The van der Waals surface area contributed by atoms with Gasteiger partial charge < -0.3 is 29.9 Å². The van der Waals surface area contributed by atoms with Gasteiger partial charge in [0.25, 0.3) is 0 Å². The SMILES string of the molecule is OCC1O[C@H](OCCCS)C(O)C(O)[C@H]1O. The third-order valence-electron chi connectivity index (χ3n) is 2.43. The highest BCUT2D eigenvalue weighted by atomic mass is 32.1. The summed E-state index contributed by atoms with van der Waals surface area (Å²) in [7, 11) is 0. The van der Waals surface area contributed by atoms with Crippen LogP contribution >= 0.6 is 12.6 Å². The fourth-order valence-electron chi connectivity index (χ4n) is 1.47. The summed E-state index contributed by atoms with van der Waals surface area (Å²) >= 11 is 4.00. The summed E-state index contributed by atoms with van der Waals surface area (Å²) in [5.41, 5.74) is 0. The smallest absolute Gasteiger partial charge is 0.186 e. The van der Waals surface area contributed by atoms with E-state index in [9.17, 15) is 15.3 Å². The van der Waals surface area contributed by atoms with Crippen molar-refractivity contribution < 1.29 is 29.9 Å². The van der Waals surface area contributed by atoms with E-state index in [0.717, 1.165) is 0 Å². The molecule has 0 aromatic carbocycles. The van der Waals surface area contributed by atoms with Crippen molar-refractivity contribution >= 4 is 12.6 Å². The van der Waals surface area contributed by atoms with Crippen molar-refractivity contribution in [1.82, 2.24) is 0 Å². The molecule has 5 atom stereocenters. The van der Waals surface area contributed by atoms with Crippen molar-refractivity contribution in [3.05, 3.63) is 0 Å². The minimum atomic E-state index is -1.38. The molecule has 0 spiro atoms. The van der Waals surface area contributed by atoms with Crippen LogP contribution in [0.1, 0.15) is 6.42 Å². The van der Waals surface area contributed by atoms with E-state index in [0.29, 0.717) is 18.8 Å². The molecule has 1 heterocycles. The van der Waals surface area contributed by atoms with Gasteiger partial charge in [0.1, 0.15) is 24.4 Å². The van der Waals surface area contributed by atoms with E-state index in [1.165, 1.54) is 0 Å². The minimum Gasteiger partial charge on any atom is -0.394 e. The van der Waals surface area contributed by atoms with E-state index in [-0.39, 0.29) is 0 Å². The second-order valence-electron chi connectivity index (χ2n) is 3.65. The molecule has 1 saturated heterocycles. The first-order valence-corrected chi connectivity index (χ1v) is 5.78.